The number of hydrogen-bond donors (Lipinski definition) is 2. The summed E-state index contributed by atoms with van der Waals surface area (Å²) in [6.45, 7) is 4.81. The Morgan fingerprint density at radius 2 is 1.01 bits per heavy atom. The second-order valence-corrected chi connectivity index (χ2v) is 16.7. The van der Waals surface area contributed by atoms with E-state index in [0.717, 1.165) is 44.0 Å². The SMILES string of the molecule is CCOC(=O)c1ccc(-c2nc(CCCOC)cnc2-c2cc(F)c(OC)c(F)c2)cc1.CCOC(=O)c1ccc(-c2nc(CCCOC)cnc2OS(=O)(=O)C(F)(F)F)cc1.COc1c(F)cc(B(O)O)cc1F. The molecule has 0 saturated carbocycles. The van der Waals surface area contributed by atoms with Crippen LogP contribution in [0.1, 0.15) is 58.8 Å². The van der Waals surface area contributed by atoms with E-state index in [9.17, 15) is 48.7 Å². The maximum atomic E-state index is 14.4. The van der Waals surface area contributed by atoms with Crippen molar-refractivity contribution in [3.63, 3.8) is 0 Å². The summed E-state index contributed by atoms with van der Waals surface area (Å²) in [5, 5.41) is 17.2. The van der Waals surface area contributed by atoms with Gasteiger partial charge >= 0.3 is 34.7 Å². The minimum Gasteiger partial charge on any atom is -0.491 e. The summed E-state index contributed by atoms with van der Waals surface area (Å²) in [5.74, 6) is -6.45. The van der Waals surface area contributed by atoms with Crippen LogP contribution in [-0.2, 0) is 41.9 Å². The molecule has 0 atom stereocenters. The summed E-state index contributed by atoms with van der Waals surface area (Å²) in [7, 11) is -2.37. The van der Waals surface area contributed by atoms with Gasteiger partial charge in [0, 0.05) is 50.3 Å². The molecule has 0 fully saturated rings. The third kappa shape index (κ3) is 16.9. The molecule has 75 heavy (non-hydrogen) atoms. The molecular formula is C49H50BF7N4O13S. The molecule has 0 unspecified atom stereocenters. The number of alkyl halides is 3. The topological polar surface area (TPSA) is 225 Å². The third-order valence-corrected chi connectivity index (χ3v) is 10.9. The number of esters is 2. The smallest absolute Gasteiger partial charge is 0.491 e. The molecule has 0 amide bonds. The summed E-state index contributed by atoms with van der Waals surface area (Å²) >= 11 is 0. The van der Waals surface area contributed by atoms with Gasteiger partial charge in [-0.25, -0.2) is 42.1 Å². The number of aromatic nitrogens is 4. The maximum absolute atomic E-state index is 14.4. The van der Waals surface area contributed by atoms with Gasteiger partial charge in [-0.3, -0.25) is 4.98 Å². The summed E-state index contributed by atoms with van der Waals surface area (Å²) in [5.41, 5.74) is -2.57. The predicted octanol–water partition coefficient (Wildman–Crippen LogP) is 7.63. The van der Waals surface area contributed by atoms with Crippen molar-refractivity contribution >= 4 is 34.6 Å². The van der Waals surface area contributed by atoms with E-state index >= 15 is 0 Å². The molecule has 26 heteroatoms. The van der Waals surface area contributed by atoms with Crippen LogP contribution in [0.15, 0.2) is 85.2 Å². The van der Waals surface area contributed by atoms with Crippen LogP contribution in [0.5, 0.6) is 17.4 Å². The molecule has 2 N–H and O–H groups in total. The lowest BCUT2D eigenvalue weighted by Gasteiger charge is -2.13. The number of carbonyl (C=O) groups excluding carboxylic acids is 2. The Labute approximate surface area is 426 Å². The highest BCUT2D eigenvalue weighted by molar-refractivity contribution is 7.88. The lowest BCUT2D eigenvalue weighted by Crippen LogP contribution is -2.30. The fourth-order valence-corrected chi connectivity index (χ4v) is 6.89. The van der Waals surface area contributed by atoms with Crippen molar-refractivity contribution in [3.8, 4) is 51.2 Å². The normalized spacial score (nSPS) is 11.1. The van der Waals surface area contributed by atoms with E-state index in [1.165, 1.54) is 38.5 Å². The number of rotatable bonds is 20. The van der Waals surface area contributed by atoms with E-state index in [1.807, 2.05) is 0 Å². The second-order valence-electron chi connectivity index (χ2n) is 15.2. The lowest BCUT2D eigenvalue weighted by atomic mass is 9.80. The minimum absolute atomic E-state index is 0.170. The summed E-state index contributed by atoms with van der Waals surface area (Å²) in [6, 6.07) is 16.0. The highest BCUT2D eigenvalue weighted by Crippen LogP contribution is 2.35. The van der Waals surface area contributed by atoms with Crippen molar-refractivity contribution in [2.24, 2.45) is 0 Å². The van der Waals surface area contributed by atoms with Crippen LogP contribution in [0.3, 0.4) is 0 Å². The molecule has 0 spiro atoms. The van der Waals surface area contributed by atoms with Gasteiger partial charge in [0.2, 0.25) is 0 Å². The summed E-state index contributed by atoms with van der Waals surface area (Å²) in [4.78, 5) is 40.8. The van der Waals surface area contributed by atoms with Crippen molar-refractivity contribution in [3.05, 3.63) is 131 Å². The number of methoxy groups -OCH3 is 4. The van der Waals surface area contributed by atoms with E-state index in [1.54, 1.807) is 51.4 Å². The van der Waals surface area contributed by atoms with Gasteiger partial charge in [-0.15, -0.1) is 0 Å². The van der Waals surface area contributed by atoms with Crippen molar-refractivity contribution in [2.45, 2.75) is 45.0 Å². The fraction of sp³-hybridized carbons (Fsp3) is 0.306. The first-order valence-electron chi connectivity index (χ1n) is 22.3. The number of aryl methyl sites for hydroxylation is 2. The Balaban J connectivity index is 0.000000264. The summed E-state index contributed by atoms with van der Waals surface area (Å²) < 4.78 is 149. The highest BCUT2D eigenvalue weighted by atomic mass is 32.2. The van der Waals surface area contributed by atoms with Crippen LogP contribution >= 0.6 is 0 Å². The van der Waals surface area contributed by atoms with Crippen molar-refractivity contribution < 1.29 is 91.4 Å². The van der Waals surface area contributed by atoms with E-state index in [2.05, 4.69) is 23.9 Å². The van der Waals surface area contributed by atoms with Gasteiger partial charge in [0.15, 0.2) is 34.8 Å². The van der Waals surface area contributed by atoms with Crippen LogP contribution < -0.4 is 19.1 Å². The van der Waals surface area contributed by atoms with Crippen molar-refractivity contribution in [1.82, 2.24) is 19.9 Å². The summed E-state index contributed by atoms with van der Waals surface area (Å²) in [6.07, 6.45) is 5.04. The Morgan fingerprint density at radius 1 is 0.600 bits per heavy atom. The lowest BCUT2D eigenvalue weighted by molar-refractivity contribution is -0.0501. The molecule has 2 heterocycles. The fourth-order valence-electron chi connectivity index (χ4n) is 6.46. The standard InChI is InChI=1S/C24H24F2N2O4.C18H19F3N2O6S.C7H7BF2O3/c1-4-32-24(29)16-9-7-15(8-10-16)22-21(27-14-18(28-22)6-5-11-30-2)17-12-19(25)23(31-3)20(26)13-17;1-3-28-17(24)13-8-6-12(7-9-13)15-16(29-30(25,26)18(19,20)21)22-11-14(23-15)5-4-10-27-2;1-13-7-5(9)2-4(8(11)12)3-6(7)10/h7-10,12-14H,4-6,11H2,1-3H3;6-9,11H,3-5,10H2,1-2H3;2-3,11-12H,1H3. The first kappa shape index (κ1) is 60.3. The van der Waals surface area contributed by atoms with Crippen LogP contribution in [0.4, 0.5) is 30.7 Å². The van der Waals surface area contributed by atoms with Gasteiger partial charge in [0.1, 0.15) is 5.69 Å². The van der Waals surface area contributed by atoms with E-state index in [4.69, 9.17) is 38.7 Å². The van der Waals surface area contributed by atoms with E-state index in [-0.39, 0.29) is 41.1 Å². The largest absolute Gasteiger partial charge is 0.534 e. The molecule has 2 aromatic heterocycles. The zero-order valence-electron chi connectivity index (χ0n) is 41.0. The van der Waals surface area contributed by atoms with Crippen molar-refractivity contribution in [1.29, 1.82) is 0 Å². The first-order chi connectivity index (χ1) is 35.6. The molecule has 6 aromatic rings. The number of nitrogens with zero attached hydrogens (tertiary/aromatic N) is 4. The molecule has 0 bridgehead atoms. The Bertz CT molecular complexity index is 2930. The number of halogens is 7. The molecule has 0 aliphatic heterocycles. The molecule has 0 saturated heterocycles. The molecule has 0 radical (unpaired) electrons. The predicted molar refractivity (Wildman–Crippen MR) is 257 cm³/mol. The Kier molecular flexibility index (Phi) is 22.9. The molecule has 0 aliphatic rings. The number of carbonyl (C=O) groups is 2. The number of benzene rings is 4. The highest BCUT2D eigenvalue weighted by Gasteiger charge is 2.49. The van der Waals surface area contributed by atoms with E-state index < -0.39 is 75.3 Å². The molecule has 17 nitrogen and oxygen atoms in total. The van der Waals surface area contributed by atoms with Gasteiger partial charge in [-0.05, 0) is 93.5 Å². The first-order valence-corrected chi connectivity index (χ1v) is 23.7. The van der Waals surface area contributed by atoms with Gasteiger partial charge in [-0.1, -0.05) is 24.3 Å². The Morgan fingerprint density at radius 3 is 1.41 bits per heavy atom. The maximum Gasteiger partial charge on any atom is 0.534 e. The van der Waals surface area contributed by atoms with Gasteiger partial charge in [0.05, 0.1) is 67.5 Å². The number of ether oxygens (including phenoxy) is 6. The van der Waals surface area contributed by atoms with Crippen LogP contribution in [-0.4, -0.2) is 118 Å². The van der Waals surface area contributed by atoms with Gasteiger partial charge in [0.25, 0.3) is 5.88 Å². The van der Waals surface area contributed by atoms with Crippen molar-refractivity contribution in [2.75, 3.05) is 54.9 Å². The zero-order valence-corrected chi connectivity index (χ0v) is 41.9. The van der Waals surface area contributed by atoms with Gasteiger partial charge < -0.3 is 42.7 Å². The second kappa shape index (κ2) is 28.4. The number of hydrogen-bond acceptors (Lipinski definition) is 17. The molecule has 0 aliphatic carbocycles. The van der Waals surface area contributed by atoms with Crippen LogP contribution in [0.2, 0.25) is 0 Å². The molecule has 4 aromatic carbocycles. The Hall–Kier alpha value is -7.26. The minimum atomic E-state index is -5.94. The third-order valence-electron chi connectivity index (χ3n) is 9.98. The molecule has 402 valence electrons. The zero-order chi connectivity index (χ0) is 55.5. The average Bonchev–Trinajstić information content (AvgIpc) is 3.37. The van der Waals surface area contributed by atoms with E-state index in [0.29, 0.717) is 66.4 Å². The monoisotopic (exact) mass is 1080 g/mol. The average molecular weight is 1080 g/mol. The quantitative estimate of drug-likeness (QED) is 0.0187. The molecular weight excluding hydrogens is 1030 g/mol. The van der Waals surface area contributed by atoms with Crippen LogP contribution in [0, 0.1) is 23.3 Å². The van der Waals surface area contributed by atoms with Crippen LogP contribution in [0.25, 0.3) is 33.8 Å². The molecule has 6 rings (SSSR count). The van der Waals surface area contributed by atoms with Gasteiger partial charge in [-0.2, -0.15) is 21.6 Å².